The Labute approximate surface area is 208 Å². The molecule has 3 heterocycles. The SMILES string of the molecule is CCOC(=O)C1=C(CSc2nc3c(cc2C#N)CCCCC3)OC(N)=C(C#N)C1c1cccnc1. The second-order valence-corrected chi connectivity index (χ2v) is 9.14. The van der Waals surface area contributed by atoms with E-state index in [1.807, 2.05) is 6.07 Å². The summed E-state index contributed by atoms with van der Waals surface area (Å²) in [5.74, 6) is -0.968. The number of thioether (sulfide) groups is 1. The first kappa shape index (κ1) is 24.3. The highest BCUT2D eigenvalue weighted by molar-refractivity contribution is 7.99. The number of fused-ring (bicyclic) bond motifs is 1. The van der Waals surface area contributed by atoms with Crippen LogP contribution in [0.25, 0.3) is 0 Å². The maximum Gasteiger partial charge on any atom is 0.338 e. The number of carbonyl (C=O) groups excluding carboxylic acids is 1. The van der Waals surface area contributed by atoms with Gasteiger partial charge in [0.05, 0.1) is 29.4 Å². The molecule has 0 radical (unpaired) electrons. The fraction of sp³-hybridized carbons (Fsp3) is 0.346. The Balaban J connectivity index is 1.74. The van der Waals surface area contributed by atoms with Gasteiger partial charge in [-0.2, -0.15) is 10.5 Å². The van der Waals surface area contributed by atoms with Gasteiger partial charge >= 0.3 is 5.97 Å². The summed E-state index contributed by atoms with van der Waals surface area (Å²) in [6.45, 7) is 1.87. The van der Waals surface area contributed by atoms with Crippen LogP contribution < -0.4 is 5.73 Å². The van der Waals surface area contributed by atoms with Gasteiger partial charge in [0, 0.05) is 18.1 Å². The number of aromatic nitrogens is 2. The van der Waals surface area contributed by atoms with E-state index in [2.05, 4.69) is 17.1 Å². The van der Waals surface area contributed by atoms with Crippen LogP contribution >= 0.6 is 11.8 Å². The van der Waals surface area contributed by atoms with Crippen LogP contribution in [0.3, 0.4) is 0 Å². The highest BCUT2D eigenvalue weighted by Crippen LogP contribution is 2.41. The van der Waals surface area contributed by atoms with Gasteiger partial charge in [-0.3, -0.25) is 4.98 Å². The predicted molar refractivity (Wildman–Crippen MR) is 129 cm³/mol. The van der Waals surface area contributed by atoms with Crippen molar-refractivity contribution < 1.29 is 14.3 Å². The maximum absolute atomic E-state index is 13.1. The first-order valence-corrected chi connectivity index (χ1v) is 12.5. The van der Waals surface area contributed by atoms with Crippen molar-refractivity contribution >= 4 is 17.7 Å². The number of ether oxygens (including phenoxy) is 2. The minimum atomic E-state index is -0.771. The Morgan fingerprint density at radius 3 is 2.83 bits per heavy atom. The lowest BCUT2D eigenvalue weighted by Crippen LogP contribution is -2.27. The quantitative estimate of drug-likeness (QED) is 0.364. The number of aryl methyl sites for hydroxylation is 2. The zero-order valence-corrected chi connectivity index (χ0v) is 20.2. The van der Waals surface area contributed by atoms with E-state index in [4.69, 9.17) is 20.2 Å². The number of rotatable bonds is 6. The van der Waals surface area contributed by atoms with E-state index in [1.54, 1.807) is 31.5 Å². The summed E-state index contributed by atoms with van der Waals surface area (Å²) >= 11 is 1.30. The van der Waals surface area contributed by atoms with Gasteiger partial charge in [0.15, 0.2) is 0 Å². The normalized spacial score (nSPS) is 17.5. The summed E-state index contributed by atoms with van der Waals surface area (Å²) in [5.41, 5.74) is 9.72. The molecule has 0 saturated heterocycles. The number of nitriles is 2. The van der Waals surface area contributed by atoms with Crippen molar-refractivity contribution in [3.63, 3.8) is 0 Å². The van der Waals surface area contributed by atoms with Crippen LogP contribution in [0.1, 0.15) is 54.5 Å². The predicted octanol–water partition coefficient (Wildman–Crippen LogP) is 4.03. The van der Waals surface area contributed by atoms with Crippen molar-refractivity contribution in [3.05, 3.63) is 75.8 Å². The van der Waals surface area contributed by atoms with E-state index in [9.17, 15) is 15.3 Å². The fourth-order valence-electron chi connectivity index (χ4n) is 4.35. The third kappa shape index (κ3) is 5.16. The van der Waals surface area contributed by atoms with E-state index in [0.717, 1.165) is 43.4 Å². The molecule has 1 aliphatic heterocycles. The molecule has 2 N–H and O–H groups in total. The van der Waals surface area contributed by atoms with E-state index in [-0.39, 0.29) is 35.1 Å². The molecule has 9 heteroatoms. The number of hydrogen-bond donors (Lipinski definition) is 1. The average Bonchev–Trinajstić information content (AvgIpc) is 3.11. The number of nitrogens with two attached hydrogens (primary N) is 1. The van der Waals surface area contributed by atoms with Crippen molar-refractivity contribution in [2.45, 2.75) is 50.0 Å². The lowest BCUT2D eigenvalue weighted by molar-refractivity contribution is -0.139. The molecule has 4 rings (SSSR count). The minimum Gasteiger partial charge on any atom is -0.463 e. The van der Waals surface area contributed by atoms with Gasteiger partial charge in [0.25, 0.3) is 0 Å². The van der Waals surface area contributed by atoms with Crippen molar-refractivity contribution in [1.82, 2.24) is 9.97 Å². The molecule has 0 amide bonds. The number of allylic oxidation sites excluding steroid dienone is 1. The van der Waals surface area contributed by atoms with E-state index in [0.29, 0.717) is 16.2 Å². The Morgan fingerprint density at radius 1 is 1.29 bits per heavy atom. The highest BCUT2D eigenvalue weighted by Gasteiger charge is 2.38. The molecule has 1 unspecified atom stereocenters. The Morgan fingerprint density at radius 2 is 2.11 bits per heavy atom. The van der Waals surface area contributed by atoms with Crippen LogP contribution in [0, 0.1) is 22.7 Å². The van der Waals surface area contributed by atoms with Crippen molar-refractivity contribution in [3.8, 4) is 12.1 Å². The number of pyridine rings is 2. The van der Waals surface area contributed by atoms with Crippen LogP contribution in [0.5, 0.6) is 0 Å². The molecule has 0 spiro atoms. The Bertz CT molecular complexity index is 1270. The summed E-state index contributed by atoms with van der Waals surface area (Å²) in [5, 5.41) is 20.1. The molecule has 1 aliphatic carbocycles. The average molecular weight is 488 g/mol. The van der Waals surface area contributed by atoms with Crippen molar-refractivity contribution in [2.24, 2.45) is 5.73 Å². The summed E-state index contributed by atoms with van der Waals surface area (Å²) in [7, 11) is 0. The minimum absolute atomic E-state index is 0.0691. The molecule has 2 aliphatic rings. The topological polar surface area (TPSA) is 135 Å². The van der Waals surface area contributed by atoms with Crippen LogP contribution in [0.4, 0.5) is 0 Å². The largest absolute Gasteiger partial charge is 0.463 e. The summed E-state index contributed by atoms with van der Waals surface area (Å²) in [6.07, 6.45) is 8.32. The van der Waals surface area contributed by atoms with Gasteiger partial charge in [-0.15, -0.1) is 0 Å². The molecule has 2 aromatic heterocycles. The number of esters is 1. The van der Waals surface area contributed by atoms with Crippen LogP contribution in [0.2, 0.25) is 0 Å². The van der Waals surface area contributed by atoms with E-state index >= 15 is 0 Å². The van der Waals surface area contributed by atoms with E-state index in [1.165, 1.54) is 11.8 Å². The van der Waals surface area contributed by atoms with Gasteiger partial charge < -0.3 is 15.2 Å². The zero-order valence-electron chi connectivity index (χ0n) is 19.4. The molecule has 0 fully saturated rings. The van der Waals surface area contributed by atoms with Crippen LogP contribution in [-0.4, -0.2) is 28.3 Å². The molecule has 0 bridgehead atoms. The first-order valence-electron chi connectivity index (χ1n) is 11.5. The highest BCUT2D eigenvalue weighted by atomic mass is 32.2. The molecule has 0 saturated carbocycles. The van der Waals surface area contributed by atoms with Crippen molar-refractivity contribution in [1.29, 1.82) is 10.5 Å². The lowest BCUT2D eigenvalue weighted by atomic mass is 9.84. The van der Waals surface area contributed by atoms with E-state index < -0.39 is 11.9 Å². The molecular weight excluding hydrogens is 462 g/mol. The third-order valence-corrected chi connectivity index (χ3v) is 6.98. The zero-order chi connectivity index (χ0) is 24.8. The molecule has 2 aromatic rings. The maximum atomic E-state index is 13.1. The first-order chi connectivity index (χ1) is 17.1. The third-order valence-electron chi connectivity index (χ3n) is 5.99. The van der Waals surface area contributed by atoms with Crippen LogP contribution in [-0.2, 0) is 27.1 Å². The molecule has 178 valence electrons. The Kier molecular flexibility index (Phi) is 7.69. The van der Waals surface area contributed by atoms with Gasteiger partial charge in [0.1, 0.15) is 28.5 Å². The second-order valence-electron chi connectivity index (χ2n) is 8.18. The molecule has 35 heavy (non-hydrogen) atoms. The number of carbonyl (C=O) groups is 1. The number of nitrogens with zero attached hydrogens (tertiary/aromatic N) is 4. The molecule has 1 atom stereocenters. The lowest BCUT2D eigenvalue weighted by Gasteiger charge is -2.27. The molecule has 0 aromatic carbocycles. The monoisotopic (exact) mass is 487 g/mol. The van der Waals surface area contributed by atoms with Crippen LogP contribution in [0.15, 0.2) is 58.4 Å². The molecule has 8 nitrogen and oxygen atoms in total. The van der Waals surface area contributed by atoms with Gasteiger partial charge in [0.2, 0.25) is 5.88 Å². The Hall–Kier alpha value is -3.82. The summed E-state index contributed by atoms with van der Waals surface area (Å²) < 4.78 is 11.1. The van der Waals surface area contributed by atoms with Gasteiger partial charge in [-0.05, 0) is 55.9 Å². The fourth-order valence-corrected chi connectivity index (χ4v) is 5.27. The van der Waals surface area contributed by atoms with Gasteiger partial charge in [-0.1, -0.05) is 24.2 Å². The number of hydrogen-bond acceptors (Lipinski definition) is 9. The summed E-state index contributed by atoms with van der Waals surface area (Å²) in [6, 6.07) is 9.76. The molecular formula is C26H25N5O3S. The smallest absolute Gasteiger partial charge is 0.338 e. The standard InChI is InChI=1S/C26H25N5O3S/c1-2-33-26(32)23-21(34-24(29)19(13-28)22(23)17-8-6-10-30-14-17)15-35-25-18(12-27)11-16-7-4-3-5-9-20(16)31-25/h6,8,10-11,14,22H,2-5,7,9,15,29H2,1H3. The second kappa shape index (κ2) is 11.1. The summed E-state index contributed by atoms with van der Waals surface area (Å²) in [4.78, 5) is 22.0. The van der Waals surface area contributed by atoms with Crippen molar-refractivity contribution in [2.75, 3.05) is 12.4 Å². The van der Waals surface area contributed by atoms with Gasteiger partial charge in [-0.25, -0.2) is 9.78 Å².